The van der Waals surface area contributed by atoms with Gasteiger partial charge in [-0.1, -0.05) is 12.8 Å². The smallest absolute Gasteiger partial charge is 0.254 e. The zero-order valence-corrected chi connectivity index (χ0v) is 14.7. The molecule has 1 aliphatic heterocycles. The fourth-order valence-electron chi connectivity index (χ4n) is 3.39. The van der Waals surface area contributed by atoms with Crippen molar-refractivity contribution in [3.05, 3.63) is 59.7 Å². The Kier molecular flexibility index (Phi) is 5.61. The quantitative estimate of drug-likeness (QED) is 0.907. The standard InChI is InChI=1S/C20H22FN3O2/c1-14(25)23-18-13-16(6-7-17(18)21)20(26)24-12-4-2-3-5-19(24)15-8-10-22-11-9-15/h6-11,13,19H,2-5,12H2,1H3,(H,23,25)/t19-/m1/s1. The molecule has 0 spiro atoms. The molecule has 3 rings (SSSR count). The first-order chi connectivity index (χ1) is 12.6. The Morgan fingerprint density at radius 1 is 1.15 bits per heavy atom. The maximum atomic E-state index is 13.9. The van der Waals surface area contributed by atoms with E-state index in [1.165, 1.54) is 25.1 Å². The van der Waals surface area contributed by atoms with Crippen molar-refractivity contribution in [3.8, 4) is 0 Å². The first-order valence-electron chi connectivity index (χ1n) is 8.84. The van der Waals surface area contributed by atoms with Gasteiger partial charge in [0.15, 0.2) is 0 Å². The highest BCUT2D eigenvalue weighted by Crippen LogP contribution is 2.31. The van der Waals surface area contributed by atoms with Crippen molar-refractivity contribution in [3.63, 3.8) is 0 Å². The third-order valence-corrected chi connectivity index (χ3v) is 4.63. The van der Waals surface area contributed by atoms with E-state index in [0.717, 1.165) is 31.2 Å². The number of rotatable bonds is 3. The van der Waals surface area contributed by atoms with Gasteiger partial charge in [-0.15, -0.1) is 0 Å². The number of pyridine rings is 1. The van der Waals surface area contributed by atoms with Gasteiger partial charge in [0.05, 0.1) is 11.7 Å². The van der Waals surface area contributed by atoms with Crippen molar-refractivity contribution in [2.24, 2.45) is 0 Å². The van der Waals surface area contributed by atoms with Gasteiger partial charge in [-0.25, -0.2) is 4.39 Å². The molecule has 1 aromatic heterocycles. The van der Waals surface area contributed by atoms with Gasteiger partial charge in [-0.3, -0.25) is 14.6 Å². The van der Waals surface area contributed by atoms with E-state index < -0.39 is 5.82 Å². The molecular formula is C20H22FN3O2. The SMILES string of the molecule is CC(=O)Nc1cc(C(=O)N2CCCCC[C@@H]2c2ccncc2)ccc1F. The van der Waals surface area contributed by atoms with Crippen molar-refractivity contribution in [2.45, 2.75) is 38.6 Å². The molecule has 0 radical (unpaired) electrons. The van der Waals surface area contributed by atoms with Gasteiger partial charge in [0.2, 0.25) is 5.91 Å². The number of benzene rings is 1. The van der Waals surface area contributed by atoms with Gasteiger partial charge >= 0.3 is 0 Å². The van der Waals surface area contributed by atoms with Crippen LogP contribution < -0.4 is 5.32 Å². The van der Waals surface area contributed by atoms with E-state index in [0.29, 0.717) is 12.1 Å². The number of hydrogen-bond acceptors (Lipinski definition) is 3. The Bertz CT molecular complexity index is 795. The lowest BCUT2D eigenvalue weighted by Crippen LogP contribution is -2.35. The zero-order chi connectivity index (χ0) is 18.5. The van der Waals surface area contributed by atoms with Crippen LogP contribution in [0.3, 0.4) is 0 Å². The van der Waals surface area contributed by atoms with Crippen LogP contribution in [0.25, 0.3) is 0 Å². The Morgan fingerprint density at radius 3 is 2.65 bits per heavy atom. The maximum absolute atomic E-state index is 13.9. The maximum Gasteiger partial charge on any atom is 0.254 e. The third-order valence-electron chi connectivity index (χ3n) is 4.63. The molecule has 26 heavy (non-hydrogen) atoms. The number of anilines is 1. The molecule has 6 heteroatoms. The molecule has 1 fully saturated rings. The van der Waals surface area contributed by atoms with Gasteiger partial charge < -0.3 is 10.2 Å². The molecule has 0 bridgehead atoms. The Balaban J connectivity index is 1.92. The molecule has 1 atom stereocenters. The molecule has 1 saturated heterocycles. The normalized spacial score (nSPS) is 17.5. The van der Waals surface area contributed by atoms with Crippen LogP contribution in [0.1, 0.15) is 54.6 Å². The van der Waals surface area contributed by atoms with Gasteiger partial charge in [0.25, 0.3) is 5.91 Å². The summed E-state index contributed by atoms with van der Waals surface area (Å²) in [5.74, 6) is -1.09. The molecule has 2 aromatic rings. The second kappa shape index (κ2) is 8.08. The molecule has 0 saturated carbocycles. The van der Waals surface area contributed by atoms with E-state index in [2.05, 4.69) is 10.3 Å². The predicted molar refractivity (Wildman–Crippen MR) is 97.2 cm³/mol. The van der Waals surface area contributed by atoms with Gasteiger partial charge in [-0.05, 0) is 48.7 Å². The van der Waals surface area contributed by atoms with Crippen molar-refractivity contribution in [1.29, 1.82) is 0 Å². The lowest BCUT2D eigenvalue weighted by molar-refractivity contribution is -0.114. The number of aromatic nitrogens is 1. The highest BCUT2D eigenvalue weighted by atomic mass is 19.1. The van der Waals surface area contributed by atoms with Crippen LogP contribution in [-0.2, 0) is 4.79 Å². The number of carbonyl (C=O) groups is 2. The highest BCUT2D eigenvalue weighted by Gasteiger charge is 2.28. The third kappa shape index (κ3) is 4.07. The van der Waals surface area contributed by atoms with Crippen LogP contribution in [0.15, 0.2) is 42.7 Å². The summed E-state index contributed by atoms with van der Waals surface area (Å²) in [6.07, 6.45) is 7.41. The molecule has 0 unspecified atom stereocenters. The predicted octanol–water partition coefficient (Wildman–Crippen LogP) is 3.94. The van der Waals surface area contributed by atoms with Crippen LogP contribution >= 0.6 is 0 Å². The number of nitrogens with zero attached hydrogens (tertiary/aromatic N) is 2. The second-order valence-corrected chi connectivity index (χ2v) is 6.52. The van der Waals surface area contributed by atoms with Gasteiger partial charge in [0, 0.05) is 31.4 Å². The summed E-state index contributed by atoms with van der Waals surface area (Å²) in [5.41, 5.74) is 1.45. The summed E-state index contributed by atoms with van der Waals surface area (Å²) in [5, 5.41) is 2.43. The average Bonchev–Trinajstić information content (AvgIpc) is 2.89. The van der Waals surface area contributed by atoms with Crippen LogP contribution in [0.4, 0.5) is 10.1 Å². The van der Waals surface area contributed by atoms with Crippen LogP contribution in [0, 0.1) is 5.82 Å². The first kappa shape index (κ1) is 18.0. The Labute approximate surface area is 152 Å². The minimum atomic E-state index is -0.557. The fraction of sp³-hybridized carbons (Fsp3) is 0.350. The zero-order valence-electron chi connectivity index (χ0n) is 14.7. The number of amides is 2. The molecule has 5 nitrogen and oxygen atoms in total. The average molecular weight is 355 g/mol. The van der Waals surface area contributed by atoms with E-state index in [9.17, 15) is 14.0 Å². The highest BCUT2D eigenvalue weighted by molar-refractivity contribution is 5.97. The van der Waals surface area contributed by atoms with Crippen LogP contribution in [-0.4, -0.2) is 28.2 Å². The number of carbonyl (C=O) groups excluding carboxylic acids is 2. The number of nitrogens with one attached hydrogen (secondary N) is 1. The Hall–Kier alpha value is -2.76. The first-order valence-corrected chi connectivity index (χ1v) is 8.84. The lowest BCUT2D eigenvalue weighted by Gasteiger charge is -2.30. The summed E-state index contributed by atoms with van der Waals surface area (Å²) < 4.78 is 13.9. The summed E-state index contributed by atoms with van der Waals surface area (Å²) >= 11 is 0. The summed E-state index contributed by atoms with van der Waals surface area (Å²) in [4.78, 5) is 30.3. The van der Waals surface area contributed by atoms with Gasteiger partial charge in [-0.2, -0.15) is 0 Å². The van der Waals surface area contributed by atoms with Crippen LogP contribution in [0.5, 0.6) is 0 Å². The van der Waals surface area contributed by atoms with E-state index in [4.69, 9.17) is 0 Å². The van der Waals surface area contributed by atoms with Crippen molar-refractivity contribution in [2.75, 3.05) is 11.9 Å². The number of hydrogen-bond donors (Lipinski definition) is 1. The summed E-state index contributed by atoms with van der Waals surface area (Å²) in [6, 6.07) is 7.94. The molecule has 136 valence electrons. The topological polar surface area (TPSA) is 62.3 Å². The lowest BCUT2D eigenvalue weighted by atomic mass is 10.0. The minimum absolute atomic E-state index is 0.0257. The summed E-state index contributed by atoms with van der Waals surface area (Å²) in [7, 11) is 0. The summed E-state index contributed by atoms with van der Waals surface area (Å²) in [6.45, 7) is 1.96. The van der Waals surface area contributed by atoms with Crippen LogP contribution in [0.2, 0.25) is 0 Å². The molecule has 1 aromatic carbocycles. The number of halogens is 1. The molecule has 1 aliphatic rings. The fourth-order valence-corrected chi connectivity index (χ4v) is 3.39. The molecule has 2 heterocycles. The van der Waals surface area contributed by atoms with E-state index >= 15 is 0 Å². The van der Waals surface area contributed by atoms with Crippen molar-refractivity contribution < 1.29 is 14.0 Å². The van der Waals surface area contributed by atoms with Gasteiger partial charge in [0.1, 0.15) is 5.82 Å². The molecule has 2 amide bonds. The monoisotopic (exact) mass is 355 g/mol. The Morgan fingerprint density at radius 2 is 1.92 bits per heavy atom. The minimum Gasteiger partial charge on any atom is -0.332 e. The molecule has 1 N–H and O–H groups in total. The van der Waals surface area contributed by atoms with E-state index in [1.54, 1.807) is 12.4 Å². The second-order valence-electron chi connectivity index (χ2n) is 6.52. The molecular weight excluding hydrogens is 333 g/mol. The number of likely N-dealkylation sites (tertiary alicyclic amines) is 1. The van der Waals surface area contributed by atoms with Crippen molar-refractivity contribution in [1.82, 2.24) is 9.88 Å². The largest absolute Gasteiger partial charge is 0.332 e. The van der Waals surface area contributed by atoms with E-state index in [1.807, 2.05) is 17.0 Å². The van der Waals surface area contributed by atoms with E-state index in [-0.39, 0.29) is 23.5 Å². The molecule has 0 aliphatic carbocycles. The van der Waals surface area contributed by atoms with Crippen molar-refractivity contribution >= 4 is 17.5 Å².